The fraction of sp³-hybridized carbons (Fsp3) is 0.208. The number of hydrogen-bond acceptors (Lipinski definition) is 7. The van der Waals surface area contributed by atoms with Gasteiger partial charge in [-0.1, -0.05) is 6.07 Å². The maximum Gasteiger partial charge on any atom is 0.254 e. The molecule has 6 rings (SSSR count). The van der Waals surface area contributed by atoms with Crippen LogP contribution in [0.25, 0.3) is 22.5 Å². The average Bonchev–Trinajstić information content (AvgIpc) is 3.61. The van der Waals surface area contributed by atoms with Crippen LogP contribution >= 0.6 is 0 Å². The van der Waals surface area contributed by atoms with Crippen LogP contribution in [-0.2, 0) is 21.5 Å². The molecule has 2 N–H and O–H groups in total. The van der Waals surface area contributed by atoms with Crippen LogP contribution in [0.15, 0.2) is 53.1 Å². The normalized spacial score (nSPS) is 19.7. The summed E-state index contributed by atoms with van der Waals surface area (Å²) in [4.78, 5) is 44.8. The number of fused-ring (bicyclic) bond motifs is 2. The van der Waals surface area contributed by atoms with E-state index in [1.165, 1.54) is 7.11 Å². The second kappa shape index (κ2) is 7.27. The largest absolute Gasteiger partial charge is 0.497 e. The lowest BCUT2D eigenvalue weighted by atomic mass is 9.82. The van der Waals surface area contributed by atoms with Gasteiger partial charge in [0.25, 0.3) is 5.91 Å². The van der Waals surface area contributed by atoms with E-state index in [0.29, 0.717) is 40.4 Å². The molecule has 3 aromatic heterocycles. The highest BCUT2D eigenvalue weighted by Crippen LogP contribution is 2.39. The van der Waals surface area contributed by atoms with Crippen molar-refractivity contribution in [2.75, 3.05) is 13.7 Å². The van der Waals surface area contributed by atoms with Gasteiger partial charge in [-0.05, 0) is 35.9 Å². The SMILES string of the molecule is COc1ccc2c(c1)C(=O)N(C[C@@]1(c3cc4nc(-c5ccn[nH]5)ccc4o3)CC(=O)NC1=O)C2. The molecule has 10 nitrogen and oxygen atoms in total. The van der Waals surface area contributed by atoms with Crippen molar-refractivity contribution in [1.29, 1.82) is 0 Å². The third-order valence-corrected chi connectivity index (χ3v) is 6.43. The summed E-state index contributed by atoms with van der Waals surface area (Å²) in [5.74, 6) is -0.263. The molecule has 1 fully saturated rings. The van der Waals surface area contributed by atoms with Crippen LogP contribution < -0.4 is 10.1 Å². The van der Waals surface area contributed by atoms with Crippen molar-refractivity contribution in [3.63, 3.8) is 0 Å². The Morgan fingerprint density at radius 1 is 1.15 bits per heavy atom. The minimum atomic E-state index is -1.35. The maximum atomic E-state index is 13.2. The molecule has 1 atom stereocenters. The molecule has 0 spiro atoms. The number of furan rings is 1. The number of benzene rings is 1. The summed E-state index contributed by atoms with van der Waals surface area (Å²) in [6.07, 6.45) is 1.51. The number of nitrogens with one attached hydrogen (secondary N) is 2. The molecule has 0 aliphatic carbocycles. The number of methoxy groups -OCH3 is 1. The second-order valence-electron chi connectivity index (χ2n) is 8.48. The van der Waals surface area contributed by atoms with E-state index in [1.54, 1.807) is 47.5 Å². The van der Waals surface area contributed by atoms with Gasteiger partial charge in [-0.25, -0.2) is 4.98 Å². The molecular formula is C24H19N5O5. The highest BCUT2D eigenvalue weighted by Gasteiger charge is 2.53. The van der Waals surface area contributed by atoms with Gasteiger partial charge in [-0.2, -0.15) is 5.10 Å². The fourth-order valence-electron chi connectivity index (χ4n) is 4.68. The maximum absolute atomic E-state index is 13.2. The molecule has 170 valence electrons. The van der Waals surface area contributed by atoms with Crippen molar-refractivity contribution < 1.29 is 23.5 Å². The zero-order valence-electron chi connectivity index (χ0n) is 18.1. The number of nitrogens with zero attached hydrogens (tertiary/aromatic N) is 3. The topological polar surface area (TPSA) is 130 Å². The highest BCUT2D eigenvalue weighted by molar-refractivity contribution is 6.10. The van der Waals surface area contributed by atoms with Gasteiger partial charge in [-0.15, -0.1) is 0 Å². The Morgan fingerprint density at radius 3 is 2.76 bits per heavy atom. The lowest BCUT2D eigenvalue weighted by Gasteiger charge is -2.28. The number of carbonyl (C=O) groups is 3. The Bertz CT molecular complexity index is 1470. The summed E-state index contributed by atoms with van der Waals surface area (Å²) < 4.78 is 11.3. The number of aromatic nitrogens is 3. The summed E-state index contributed by atoms with van der Waals surface area (Å²) >= 11 is 0. The van der Waals surface area contributed by atoms with Gasteiger partial charge in [0.1, 0.15) is 22.4 Å². The Kier molecular flexibility index (Phi) is 4.31. The van der Waals surface area contributed by atoms with Crippen molar-refractivity contribution in [1.82, 2.24) is 25.4 Å². The Labute approximate surface area is 192 Å². The minimum Gasteiger partial charge on any atom is -0.497 e. The number of rotatable bonds is 5. The Morgan fingerprint density at radius 2 is 2.03 bits per heavy atom. The number of carbonyl (C=O) groups excluding carboxylic acids is 3. The first kappa shape index (κ1) is 20.2. The molecule has 4 aromatic rings. The summed E-state index contributed by atoms with van der Waals surface area (Å²) in [5.41, 5.74) is 2.42. The van der Waals surface area contributed by atoms with Crippen molar-refractivity contribution in [3.8, 4) is 17.1 Å². The van der Waals surface area contributed by atoms with Crippen LogP contribution in [0.3, 0.4) is 0 Å². The van der Waals surface area contributed by atoms with Crippen molar-refractivity contribution >= 4 is 28.8 Å². The van der Waals surface area contributed by atoms with Crippen LogP contribution in [0.2, 0.25) is 0 Å². The summed E-state index contributed by atoms with van der Waals surface area (Å²) in [7, 11) is 1.54. The molecule has 0 saturated carbocycles. The van der Waals surface area contributed by atoms with Gasteiger partial charge in [0, 0.05) is 30.9 Å². The van der Waals surface area contributed by atoms with Gasteiger partial charge in [0.05, 0.1) is 24.9 Å². The molecule has 0 bridgehead atoms. The fourth-order valence-corrected chi connectivity index (χ4v) is 4.68. The summed E-state index contributed by atoms with van der Waals surface area (Å²) in [5, 5.41) is 9.19. The Hall–Kier alpha value is -4.47. The smallest absolute Gasteiger partial charge is 0.254 e. The number of pyridine rings is 1. The molecule has 2 aliphatic rings. The molecule has 0 radical (unpaired) electrons. The Balaban J connectivity index is 1.39. The second-order valence-corrected chi connectivity index (χ2v) is 8.48. The average molecular weight is 457 g/mol. The first-order valence-electron chi connectivity index (χ1n) is 10.7. The van der Waals surface area contributed by atoms with E-state index in [0.717, 1.165) is 11.3 Å². The lowest BCUT2D eigenvalue weighted by Crippen LogP contribution is -2.46. The molecule has 10 heteroatoms. The first-order valence-corrected chi connectivity index (χ1v) is 10.7. The number of ether oxygens (including phenoxy) is 1. The van der Waals surface area contributed by atoms with Crippen LogP contribution in [-0.4, -0.2) is 51.5 Å². The number of aromatic amines is 1. The van der Waals surface area contributed by atoms with Gasteiger partial charge < -0.3 is 14.1 Å². The standard InChI is InChI=1S/C24H19N5O5/c1-33-14-3-2-13-11-29(22(31)15(13)8-14)12-24(10-21(30)27-23(24)32)20-9-18-19(34-20)5-4-16(26-18)17-6-7-25-28-17/h2-9H,10-12H2,1H3,(H,25,28)(H,27,30,32)/t24-/m1/s1. The van der Waals surface area contributed by atoms with E-state index in [4.69, 9.17) is 9.15 Å². The number of amides is 3. The molecule has 0 unspecified atom stereocenters. The van der Waals surface area contributed by atoms with Gasteiger partial charge in [0.2, 0.25) is 11.8 Å². The minimum absolute atomic E-state index is 0.00632. The number of hydrogen-bond donors (Lipinski definition) is 2. The van der Waals surface area contributed by atoms with Gasteiger partial charge >= 0.3 is 0 Å². The van der Waals surface area contributed by atoms with Crippen LogP contribution in [0.4, 0.5) is 0 Å². The van der Waals surface area contributed by atoms with E-state index in [2.05, 4.69) is 20.5 Å². The van der Waals surface area contributed by atoms with Crippen molar-refractivity contribution in [2.24, 2.45) is 0 Å². The quantitative estimate of drug-likeness (QED) is 0.439. The van der Waals surface area contributed by atoms with Crippen LogP contribution in [0.1, 0.15) is 28.1 Å². The van der Waals surface area contributed by atoms with E-state index in [1.807, 2.05) is 6.07 Å². The van der Waals surface area contributed by atoms with E-state index in [-0.39, 0.29) is 18.9 Å². The van der Waals surface area contributed by atoms with Crippen molar-refractivity contribution in [3.05, 3.63) is 65.5 Å². The zero-order valence-corrected chi connectivity index (χ0v) is 18.1. The summed E-state index contributed by atoms with van der Waals surface area (Å²) in [6, 6.07) is 12.3. The molecule has 1 saturated heterocycles. The molecule has 5 heterocycles. The number of imide groups is 1. The zero-order chi connectivity index (χ0) is 23.4. The third kappa shape index (κ3) is 2.99. The van der Waals surface area contributed by atoms with E-state index >= 15 is 0 Å². The van der Waals surface area contributed by atoms with E-state index in [9.17, 15) is 14.4 Å². The van der Waals surface area contributed by atoms with Crippen molar-refractivity contribution in [2.45, 2.75) is 18.4 Å². The van der Waals surface area contributed by atoms with E-state index < -0.39 is 17.2 Å². The predicted octanol–water partition coefficient (Wildman–Crippen LogP) is 2.17. The monoisotopic (exact) mass is 457 g/mol. The third-order valence-electron chi connectivity index (χ3n) is 6.43. The molecule has 2 aliphatic heterocycles. The van der Waals surface area contributed by atoms with Gasteiger partial charge in [0.15, 0.2) is 5.58 Å². The predicted molar refractivity (Wildman–Crippen MR) is 119 cm³/mol. The molecule has 1 aromatic carbocycles. The highest BCUT2D eigenvalue weighted by atomic mass is 16.5. The number of H-pyrrole nitrogens is 1. The molecular weight excluding hydrogens is 438 g/mol. The molecule has 34 heavy (non-hydrogen) atoms. The molecule has 3 amide bonds. The summed E-state index contributed by atoms with van der Waals surface area (Å²) in [6.45, 7) is 0.317. The van der Waals surface area contributed by atoms with Gasteiger partial charge in [-0.3, -0.25) is 24.8 Å². The van der Waals surface area contributed by atoms with Crippen LogP contribution in [0, 0.1) is 0 Å². The van der Waals surface area contributed by atoms with Crippen LogP contribution in [0.5, 0.6) is 5.75 Å². The lowest BCUT2D eigenvalue weighted by molar-refractivity contribution is -0.126. The first-order chi connectivity index (χ1) is 16.5.